The van der Waals surface area contributed by atoms with E-state index < -0.39 is 17.9 Å². The van der Waals surface area contributed by atoms with Crippen molar-refractivity contribution in [1.82, 2.24) is 0 Å². The van der Waals surface area contributed by atoms with Crippen LogP contribution in [-0.2, 0) is 14.3 Å². The van der Waals surface area contributed by atoms with Crippen LogP contribution in [0.1, 0.15) is 27.6 Å². The Hall–Kier alpha value is -2.21. The first-order valence-electron chi connectivity index (χ1n) is 5.30. The van der Waals surface area contributed by atoms with Crippen molar-refractivity contribution in [3.8, 4) is 0 Å². The molecule has 0 spiro atoms. The van der Waals surface area contributed by atoms with E-state index in [2.05, 4.69) is 4.74 Å². The molecule has 0 aromatic heterocycles. The molecule has 0 heterocycles. The summed E-state index contributed by atoms with van der Waals surface area (Å²) in [6.45, 7) is 1.60. The van der Waals surface area contributed by atoms with Gasteiger partial charge in [0.2, 0.25) is 0 Å². The molecule has 0 fully saturated rings. The topological polar surface area (TPSA) is 95.7 Å². The zero-order chi connectivity index (χ0) is 13.5. The molecule has 6 heteroatoms. The summed E-state index contributed by atoms with van der Waals surface area (Å²) >= 11 is 0. The molecule has 0 radical (unpaired) electrons. The zero-order valence-corrected chi connectivity index (χ0v) is 9.84. The minimum Gasteiger partial charge on any atom is -0.462 e. The maximum atomic E-state index is 11.4. The van der Waals surface area contributed by atoms with Crippen molar-refractivity contribution in [2.24, 2.45) is 5.73 Å². The summed E-state index contributed by atoms with van der Waals surface area (Å²) in [5, 5.41) is 0. The number of benzene rings is 1. The van der Waals surface area contributed by atoms with Crippen molar-refractivity contribution in [2.45, 2.75) is 6.92 Å². The molecule has 0 aliphatic rings. The van der Waals surface area contributed by atoms with Gasteiger partial charge in [-0.3, -0.25) is 4.79 Å². The van der Waals surface area contributed by atoms with E-state index in [-0.39, 0.29) is 18.7 Å². The normalized spacial score (nSPS) is 9.67. The van der Waals surface area contributed by atoms with E-state index in [1.54, 1.807) is 6.92 Å². The van der Waals surface area contributed by atoms with Crippen LogP contribution in [0.2, 0.25) is 0 Å². The lowest BCUT2D eigenvalue weighted by molar-refractivity contribution is -0.136. The molecule has 0 amide bonds. The second kappa shape index (κ2) is 6.51. The van der Waals surface area contributed by atoms with Gasteiger partial charge in [0.1, 0.15) is 0 Å². The average molecular weight is 251 g/mol. The van der Waals surface area contributed by atoms with Crippen LogP contribution in [0, 0.1) is 0 Å². The predicted octanol–water partition coefficient (Wildman–Crippen LogP) is 0.505. The molecule has 6 nitrogen and oxygen atoms in total. The van der Waals surface area contributed by atoms with Gasteiger partial charge in [0.05, 0.1) is 24.3 Å². The van der Waals surface area contributed by atoms with Gasteiger partial charge in [0.25, 0.3) is 0 Å². The molecule has 0 aliphatic heterocycles. The maximum Gasteiger partial charge on any atom is 0.345 e. The molecule has 1 aromatic rings. The van der Waals surface area contributed by atoms with Gasteiger partial charge < -0.3 is 15.2 Å². The van der Waals surface area contributed by atoms with Crippen molar-refractivity contribution in [3.05, 3.63) is 35.4 Å². The molecule has 0 saturated heterocycles. The third-order valence-corrected chi connectivity index (χ3v) is 2.00. The Morgan fingerprint density at radius 2 is 1.56 bits per heavy atom. The largest absolute Gasteiger partial charge is 0.462 e. The molecule has 0 unspecified atom stereocenters. The number of esters is 3. The van der Waals surface area contributed by atoms with Gasteiger partial charge in [0, 0.05) is 0 Å². The lowest BCUT2D eigenvalue weighted by Crippen LogP contribution is -2.20. The minimum absolute atomic E-state index is 0.157. The Morgan fingerprint density at radius 3 is 2.00 bits per heavy atom. The van der Waals surface area contributed by atoms with E-state index in [9.17, 15) is 14.4 Å². The highest BCUT2D eigenvalue weighted by Gasteiger charge is 2.13. The Bertz CT molecular complexity index is 452. The van der Waals surface area contributed by atoms with Crippen molar-refractivity contribution < 1.29 is 23.9 Å². The molecule has 18 heavy (non-hydrogen) atoms. The van der Waals surface area contributed by atoms with Crippen LogP contribution in [0.4, 0.5) is 0 Å². The van der Waals surface area contributed by atoms with Crippen LogP contribution in [0.15, 0.2) is 24.3 Å². The molecular weight excluding hydrogens is 238 g/mol. The highest BCUT2D eigenvalue weighted by molar-refractivity contribution is 5.98. The summed E-state index contributed by atoms with van der Waals surface area (Å²) in [7, 11) is 0. The van der Waals surface area contributed by atoms with Crippen LogP contribution >= 0.6 is 0 Å². The lowest BCUT2D eigenvalue weighted by atomic mass is 10.1. The summed E-state index contributed by atoms with van der Waals surface area (Å²) in [4.78, 5) is 33.6. The van der Waals surface area contributed by atoms with Gasteiger partial charge in [-0.25, -0.2) is 9.59 Å². The highest BCUT2D eigenvalue weighted by Crippen LogP contribution is 2.07. The highest BCUT2D eigenvalue weighted by atomic mass is 16.6. The summed E-state index contributed by atoms with van der Waals surface area (Å²) in [5.41, 5.74) is 5.48. The second-order valence-electron chi connectivity index (χ2n) is 3.26. The fourth-order valence-corrected chi connectivity index (χ4v) is 1.16. The van der Waals surface area contributed by atoms with E-state index in [0.717, 1.165) is 0 Å². The van der Waals surface area contributed by atoms with E-state index >= 15 is 0 Å². The van der Waals surface area contributed by atoms with Gasteiger partial charge in [-0.15, -0.1) is 0 Å². The molecular formula is C12H13NO5. The Kier molecular flexibility index (Phi) is 5.01. The zero-order valence-electron chi connectivity index (χ0n) is 9.84. The molecule has 0 bridgehead atoms. The standard InChI is InChI=1S/C12H13NO5/c1-2-17-11(15)8-3-5-9(6-4-8)12(16)18-10(14)7-13/h3-6H,2,7,13H2,1H3. The predicted molar refractivity (Wildman–Crippen MR) is 61.9 cm³/mol. The number of carbonyl (C=O) groups excluding carboxylic acids is 3. The van der Waals surface area contributed by atoms with E-state index in [1.165, 1.54) is 24.3 Å². The van der Waals surface area contributed by atoms with Crippen LogP contribution in [0.3, 0.4) is 0 Å². The number of hydrogen-bond acceptors (Lipinski definition) is 6. The minimum atomic E-state index is -0.811. The summed E-state index contributed by atoms with van der Waals surface area (Å²) in [6, 6.07) is 5.58. The first-order valence-corrected chi connectivity index (χ1v) is 5.30. The molecule has 0 aliphatic carbocycles. The smallest absolute Gasteiger partial charge is 0.345 e. The van der Waals surface area contributed by atoms with Gasteiger partial charge in [0.15, 0.2) is 0 Å². The first kappa shape index (κ1) is 13.9. The number of rotatable bonds is 4. The van der Waals surface area contributed by atoms with Crippen molar-refractivity contribution in [2.75, 3.05) is 13.2 Å². The third-order valence-electron chi connectivity index (χ3n) is 2.00. The van der Waals surface area contributed by atoms with Gasteiger partial charge in [-0.05, 0) is 31.2 Å². The molecule has 0 atom stereocenters. The molecule has 1 aromatic carbocycles. The van der Waals surface area contributed by atoms with Crippen LogP contribution in [-0.4, -0.2) is 31.1 Å². The fourth-order valence-electron chi connectivity index (χ4n) is 1.16. The monoisotopic (exact) mass is 251 g/mol. The Morgan fingerprint density at radius 1 is 1.06 bits per heavy atom. The number of hydrogen-bond donors (Lipinski definition) is 1. The van der Waals surface area contributed by atoms with Crippen LogP contribution in [0.25, 0.3) is 0 Å². The molecule has 96 valence electrons. The van der Waals surface area contributed by atoms with Crippen molar-refractivity contribution in [3.63, 3.8) is 0 Å². The summed E-state index contributed by atoms with van der Waals surface area (Å²) in [6.07, 6.45) is 0. The molecule has 1 rings (SSSR count). The second-order valence-corrected chi connectivity index (χ2v) is 3.26. The first-order chi connectivity index (χ1) is 8.58. The Labute approximate surface area is 104 Å². The number of nitrogens with two attached hydrogens (primary N) is 1. The fraction of sp³-hybridized carbons (Fsp3) is 0.250. The van der Waals surface area contributed by atoms with E-state index in [4.69, 9.17) is 10.5 Å². The molecule has 0 saturated carbocycles. The summed E-state index contributed by atoms with van der Waals surface area (Å²) in [5.74, 6) is -2.09. The SMILES string of the molecule is CCOC(=O)c1ccc(C(=O)OC(=O)CN)cc1. The summed E-state index contributed by atoms with van der Waals surface area (Å²) < 4.78 is 9.20. The third kappa shape index (κ3) is 3.67. The Balaban J connectivity index is 2.73. The number of carbonyl (C=O) groups is 3. The van der Waals surface area contributed by atoms with Gasteiger partial charge in [-0.2, -0.15) is 0 Å². The average Bonchev–Trinajstić information content (AvgIpc) is 2.39. The van der Waals surface area contributed by atoms with E-state index in [0.29, 0.717) is 5.56 Å². The van der Waals surface area contributed by atoms with Crippen molar-refractivity contribution in [1.29, 1.82) is 0 Å². The van der Waals surface area contributed by atoms with Gasteiger partial charge in [-0.1, -0.05) is 0 Å². The van der Waals surface area contributed by atoms with Gasteiger partial charge >= 0.3 is 17.9 Å². The lowest BCUT2D eigenvalue weighted by Gasteiger charge is -2.03. The van der Waals surface area contributed by atoms with Crippen LogP contribution in [0.5, 0.6) is 0 Å². The van der Waals surface area contributed by atoms with E-state index in [1.807, 2.05) is 0 Å². The van der Waals surface area contributed by atoms with Crippen LogP contribution < -0.4 is 5.73 Å². The molecule has 2 N–H and O–H groups in total. The van der Waals surface area contributed by atoms with Crippen molar-refractivity contribution >= 4 is 17.9 Å². The maximum absolute atomic E-state index is 11.4. The number of ether oxygens (including phenoxy) is 2. The quantitative estimate of drug-likeness (QED) is 0.618.